The van der Waals surface area contributed by atoms with Gasteiger partial charge in [0.15, 0.2) is 0 Å². The van der Waals surface area contributed by atoms with Crippen LogP contribution in [-0.4, -0.2) is 0 Å². The molecule has 2 rings (SSSR count). The molecular weight excluding hydrogens is 120 g/mol. The van der Waals surface area contributed by atoms with Gasteiger partial charge in [-0.25, -0.2) is 0 Å². The third-order valence-electron chi connectivity index (χ3n) is 3.50. The predicted molar refractivity (Wildman–Crippen MR) is 43.7 cm³/mol. The quantitative estimate of drug-likeness (QED) is 0.486. The van der Waals surface area contributed by atoms with E-state index in [0.717, 1.165) is 23.7 Å². The summed E-state index contributed by atoms with van der Waals surface area (Å²) in [5.41, 5.74) is 0. The van der Waals surface area contributed by atoms with Crippen LogP contribution in [0, 0.1) is 23.7 Å². The first kappa shape index (κ1) is 6.45. The van der Waals surface area contributed by atoms with E-state index in [2.05, 4.69) is 19.6 Å². The third-order valence-corrected chi connectivity index (χ3v) is 3.50. The average molecular weight is 136 g/mol. The van der Waals surface area contributed by atoms with E-state index < -0.39 is 0 Å². The minimum Gasteiger partial charge on any atom is -0.103 e. The minimum absolute atomic E-state index is 0.837. The maximum Gasteiger partial charge on any atom is -0.0208 e. The van der Waals surface area contributed by atoms with Gasteiger partial charge in [-0.15, -0.1) is 6.58 Å². The summed E-state index contributed by atoms with van der Waals surface area (Å²) in [5.74, 6) is 3.97. The molecular formula is C10H16. The van der Waals surface area contributed by atoms with Crippen molar-refractivity contribution in [3.05, 3.63) is 12.7 Å². The van der Waals surface area contributed by atoms with E-state index in [-0.39, 0.29) is 0 Å². The molecule has 2 fully saturated rings. The first-order chi connectivity index (χ1) is 4.83. The highest BCUT2D eigenvalue weighted by atomic mass is 14.5. The lowest BCUT2D eigenvalue weighted by molar-refractivity contribution is 0.287. The summed E-state index contributed by atoms with van der Waals surface area (Å²) in [6, 6.07) is 0. The topological polar surface area (TPSA) is 0 Å². The van der Waals surface area contributed by atoms with E-state index in [1.807, 2.05) is 0 Å². The highest BCUT2D eigenvalue weighted by Gasteiger charge is 2.46. The van der Waals surface area contributed by atoms with Gasteiger partial charge in [0, 0.05) is 0 Å². The van der Waals surface area contributed by atoms with Crippen LogP contribution < -0.4 is 0 Å². The summed E-state index contributed by atoms with van der Waals surface area (Å²) in [6.07, 6.45) is 6.57. The fourth-order valence-electron chi connectivity index (χ4n) is 2.57. The Bertz CT molecular complexity index is 148. The summed E-state index contributed by atoms with van der Waals surface area (Å²) >= 11 is 0. The maximum absolute atomic E-state index is 3.89. The third kappa shape index (κ3) is 0.817. The van der Waals surface area contributed by atoms with Crippen LogP contribution in [0.1, 0.15) is 26.2 Å². The summed E-state index contributed by atoms with van der Waals surface area (Å²) in [7, 11) is 0. The van der Waals surface area contributed by atoms with Gasteiger partial charge >= 0.3 is 0 Å². The molecule has 2 aliphatic rings. The Morgan fingerprint density at radius 3 is 2.90 bits per heavy atom. The number of hydrogen-bond donors (Lipinski definition) is 0. The van der Waals surface area contributed by atoms with E-state index in [9.17, 15) is 0 Å². The van der Waals surface area contributed by atoms with E-state index >= 15 is 0 Å². The van der Waals surface area contributed by atoms with Gasteiger partial charge in [0.05, 0.1) is 0 Å². The zero-order valence-corrected chi connectivity index (χ0v) is 6.72. The van der Waals surface area contributed by atoms with Crippen LogP contribution in [-0.2, 0) is 0 Å². The summed E-state index contributed by atoms with van der Waals surface area (Å²) < 4.78 is 0. The number of hydrogen-bond acceptors (Lipinski definition) is 0. The molecule has 0 saturated heterocycles. The average Bonchev–Trinajstić information content (AvgIpc) is 2.68. The molecule has 0 aromatic heterocycles. The van der Waals surface area contributed by atoms with E-state index in [4.69, 9.17) is 0 Å². The van der Waals surface area contributed by atoms with Crippen LogP contribution in [0.5, 0.6) is 0 Å². The van der Waals surface area contributed by atoms with Crippen LogP contribution in [0.25, 0.3) is 0 Å². The van der Waals surface area contributed by atoms with Gasteiger partial charge in [-0.3, -0.25) is 0 Å². The second-order valence-electron chi connectivity index (χ2n) is 4.00. The molecule has 0 aromatic rings. The molecule has 0 aromatic carbocycles. The zero-order chi connectivity index (χ0) is 7.14. The molecule has 0 radical (unpaired) electrons. The molecule has 0 heteroatoms. The maximum atomic E-state index is 3.89. The molecule has 10 heavy (non-hydrogen) atoms. The number of allylic oxidation sites excluding steroid dienone is 1. The Hall–Kier alpha value is -0.260. The Morgan fingerprint density at radius 2 is 2.20 bits per heavy atom. The predicted octanol–water partition coefficient (Wildman–Crippen LogP) is 2.85. The lowest BCUT2D eigenvalue weighted by Crippen LogP contribution is -2.16. The van der Waals surface area contributed by atoms with E-state index in [0.29, 0.717) is 0 Å². The molecule has 0 N–H and O–H groups in total. The first-order valence-corrected chi connectivity index (χ1v) is 4.45. The molecule has 0 spiro atoms. The van der Waals surface area contributed by atoms with Gasteiger partial charge in [-0.1, -0.05) is 13.0 Å². The van der Waals surface area contributed by atoms with Crippen LogP contribution in [0.3, 0.4) is 0 Å². The fraction of sp³-hybridized carbons (Fsp3) is 0.800. The van der Waals surface area contributed by atoms with Crippen LogP contribution in [0.15, 0.2) is 12.7 Å². The van der Waals surface area contributed by atoms with Crippen molar-refractivity contribution in [2.24, 2.45) is 23.7 Å². The molecule has 0 bridgehead atoms. The van der Waals surface area contributed by atoms with Gasteiger partial charge < -0.3 is 0 Å². The number of rotatable bonds is 1. The van der Waals surface area contributed by atoms with Crippen molar-refractivity contribution >= 4 is 0 Å². The van der Waals surface area contributed by atoms with Crippen molar-refractivity contribution in [2.45, 2.75) is 26.2 Å². The molecule has 0 amide bonds. The summed E-state index contributed by atoms with van der Waals surface area (Å²) in [5, 5.41) is 0. The van der Waals surface area contributed by atoms with Crippen LogP contribution >= 0.6 is 0 Å². The highest BCUT2D eigenvalue weighted by molar-refractivity contribution is 5.00. The van der Waals surface area contributed by atoms with Gasteiger partial charge in [0.2, 0.25) is 0 Å². The van der Waals surface area contributed by atoms with Crippen molar-refractivity contribution in [1.82, 2.24) is 0 Å². The van der Waals surface area contributed by atoms with Crippen molar-refractivity contribution < 1.29 is 0 Å². The molecule has 0 aliphatic heterocycles. The highest BCUT2D eigenvalue weighted by Crippen LogP contribution is 2.54. The molecule has 0 nitrogen and oxygen atoms in total. The molecule has 2 saturated carbocycles. The minimum atomic E-state index is 0.837. The fourth-order valence-corrected chi connectivity index (χ4v) is 2.57. The SMILES string of the molecule is C=CC1CCC2CC2C1C. The van der Waals surface area contributed by atoms with Gasteiger partial charge in [-0.05, 0) is 42.9 Å². The summed E-state index contributed by atoms with van der Waals surface area (Å²) in [6.45, 7) is 6.29. The van der Waals surface area contributed by atoms with Crippen molar-refractivity contribution in [3.8, 4) is 0 Å². The lowest BCUT2D eigenvalue weighted by Gasteiger charge is -2.25. The van der Waals surface area contributed by atoms with Crippen molar-refractivity contribution in [2.75, 3.05) is 0 Å². The Kier molecular flexibility index (Phi) is 1.36. The Morgan fingerprint density at radius 1 is 1.40 bits per heavy atom. The first-order valence-electron chi connectivity index (χ1n) is 4.45. The largest absolute Gasteiger partial charge is 0.103 e. The van der Waals surface area contributed by atoms with Gasteiger partial charge in [0.25, 0.3) is 0 Å². The molecule has 2 aliphatic carbocycles. The van der Waals surface area contributed by atoms with Gasteiger partial charge in [-0.2, -0.15) is 0 Å². The van der Waals surface area contributed by atoms with Crippen molar-refractivity contribution in [3.63, 3.8) is 0 Å². The van der Waals surface area contributed by atoms with Crippen LogP contribution in [0.4, 0.5) is 0 Å². The molecule has 4 atom stereocenters. The monoisotopic (exact) mass is 136 g/mol. The van der Waals surface area contributed by atoms with Gasteiger partial charge in [0.1, 0.15) is 0 Å². The standard InChI is InChI=1S/C10H16/c1-3-8-4-5-9-6-10(9)7(8)2/h3,7-10H,1,4-6H2,2H3. The zero-order valence-electron chi connectivity index (χ0n) is 6.72. The van der Waals surface area contributed by atoms with E-state index in [1.165, 1.54) is 19.3 Å². The molecule has 4 unspecified atom stereocenters. The lowest BCUT2D eigenvalue weighted by atomic mass is 9.80. The smallest absolute Gasteiger partial charge is 0.0208 e. The Labute approximate surface area is 63.3 Å². The molecule has 0 heterocycles. The second kappa shape index (κ2) is 2.11. The van der Waals surface area contributed by atoms with Crippen molar-refractivity contribution in [1.29, 1.82) is 0 Å². The summed E-state index contributed by atoms with van der Waals surface area (Å²) in [4.78, 5) is 0. The normalized spacial score (nSPS) is 51.7. The second-order valence-corrected chi connectivity index (χ2v) is 4.00. The molecule has 56 valence electrons. The Balaban J connectivity index is 2.03. The number of fused-ring (bicyclic) bond motifs is 1. The van der Waals surface area contributed by atoms with Crippen LogP contribution in [0.2, 0.25) is 0 Å². The van der Waals surface area contributed by atoms with E-state index in [1.54, 1.807) is 0 Å².